The van der Waals surface area contributed by atoms with Crippen LogP contribution in [0.5, 0.6) is 0 Å². The Morgan fingerprint density at radius 3 is 2.75 bits per heavy atom. The minimum Gasteiger partial charge on any atom is -0.459 e. The number of unbranched alkanes of at least 4 members (excludes halogenated alkanes) is 1. The number of nitro benzene ring substituents is 1. The molecule has 0 atom stereocenters. The summed E-state index contributed by atoms with van der Waals surface area (Å²) in [7, 11) is 0. The summed E-state index contributed by atoms with van der Waals surface area (Å²) < 4.78 is 23.0. The maximum atomic E-state index is 13.0. The van der Waals surface area contributed by atoms with Gasteiger partial charge in [0.05, 0.1) is 11.5 Å². The van der Waals surface area contributed by atoms with Crippen LogP contribution in [0.3, 0.4) is 0 Å². The molecule has 0 amide bonds. The van der Waals surface area contributed by atoms with E-state index in [0.717, 1.165) is 31.0 Å². The summed E-state index contributed by atoms with van der Waals surface area (Å²) in [6.45, 7) is 2.76. The molecule has 0 radical (unpaired) electrons. The van der Waals surface area contributed by atoms with E-state index in [1.807, 2.05) is 6.92 Å². The number of nitrogens with zero attached hydrogens (tertiary/aromatic N) is 1. The molecule has 0 aromatic heterocycles. The standard InChI is InChI=1S/C13H16FNO5/c1-2-3-6-19-7-8-20-13(16)11-9-10(14)4-5-12(11)15(17)18/h4-5,9H,2-3,6-8H2,1H3. The number of halogens is 1. The Morgan fingerprint density at radius 1 is 1.35 bits per heavy atom. The van der Waals surface area contributed by atoms with Crippen LogP contribution >= 0.6 is 0 Å². The zero-order chi connectivity index (χ0) is 15.0. The molecule has 1 aromatic rings. The molecule has 0 aliphatic rings. The van der Waals surface area contributed by atoms with Gasteiger partial charge in [-0.25, -0.2) is 9.18 Å². The number of hydrogen-bond acceptors (Lipinski definition) is 5. The molecule has 0 saturated carbocycles. The number of hydrogen-bond donors (Lipinski definition) is 0. The summed E-state index contributed by atoms with van der Waals surface area (Å²) in [6.07, 6.45) is 1.90. The maximum absolute atomic E-state index is 13.0. The van der Waals surface area contributed by atoms with Gasteiger partial charge in [-0.1, -0.05) is 13.3 Å². The predicted octanol–water partition coefficient (Wildman–Crippen LogP) is 2.71. The molecule has 0 saturated heterocycles. The first-order valence-corrected chi connectivity index (χ1v) is 6.25. The van der Waals surface area contributed by atoms with Gasteiger partial charge in [-0.3, -0.25) is 10.1 Å². The van der Waals surface area contributed by atoms with Gasteiger partial charge >= 0.3 is 5.97 Å². The van der Waals surface area contributed by atoms with Gasteiger partial charge in [0.2, 0.25) is 0 Å². The fraction of sp³-hybridized carbons (Fsp3) is 0.462. The first kappa shape index (κ1) is 16.0. The van der Waals surface area contributed by atoms with Crippen molar-refractivity contribution in [1.29, 1.82) is 0 Å². The van der Waals surface area contributed by atoms with Crippen LogP contribution in [0.15, 0.2) is 18.2 Å². The lowest BCUT2D eigenvalue weighted by atomic mass is 10.2. The van der Waals surface area contributed by atoms with Crippen molar-refractivity contribution in [3.05, 3.63) is 39.7 Å². The van der Waals surface area contributed by atoms with E-state index in [4.69, 9.17) is 9.47 Å². The Hall–Kier alpha value is -2.02. The first-order chi connectivity index (χ1) is 9.56. The Bertz CT molecular complexity index is 478. The number of ether oxygens (including phenoxy) is 2. The van der Waals surface area contributed by atoms with E-state index in [0.29, 0.717) is 6.61 Å². The number of carbonyl (C=O) groups is 1. The van der Waals surface area contributed by atoms with Crippen molar-refractivity contribution in [2.75, 3.05) is 19.8 Å². The summed E-state index contributed by atoms with van der Waals surface area (Å²) >= 11 is 0. The van der Waals surface area contributed by atoms with E-state index in [2.05, 4.69) is 0 Å². The van der Waals surface area contributed by atoms with Crippen LogP contribution in [0.4, 0.5) is 10.1 Å². The normalized spacial score (nSPS) is 10.3. The number of nitro groups is 1. The molecule has 110 valence electrons. The molecule has 0 aliphatic carbocycles. The molecule has 0 bridgehead atoms. The van der Waals surface area contributed by atoms with Gasteiger partial charge in [-0.15, -0.1) is 0 Å². The third kappa shape index (κ3) is 4.93. The van der Waals surface area contributed by atoms with Gasteiger partial charge in [-0.05, 0) is 18.6 Å². The lowest BCUT2D eigenvalue weighted by Crippen LogP contribution is -2.13. The van der Waals surface area contributed by atoms with Gasteiger partial charge < -0.3 is 9.47 Å². The molecule has 0 unspecified atom stereocenters. The third-order valence-electron chi connectivity index (χ3n) is 2.48. The molecule has 20 heavy (non-hydrogen) atoms. The molecule has 0 heterocycles. The second-order valence-electron chi connectivity index (χ2n) is 4.02. The minimum atomic E-state index is -0.935. The lowest BCUT2D eigenvalue weighted by Gasteiger charge is -2.06. The Kier molecular flexibility index (Phi) is 6.58. The van der Waals surface area contributed by atoms with Gasteiger partial charge in [0.15, 0.2) is 0 Å². The highest BCUT2D eigenvalue weighted by Gasteiger charge is 2.22. The van der Waals surface area contributed by atoms with Crippen molar-refractivity contribution in [1.82, 2.24) is 0 Å². The van der Waals surface area contributed by atoms with Crippen molar-refractivity contribution in [2.45, 2.75) is 19.8 Å². The van der Waals surface area contributed by atoms with E-state index >= 15 is 0 Å². The molecule has 0 spiro atoms. The quantitative estimate of drug-likeness (QED) is 0.317. The Morgan fingerprint density at radius 2 is 2.10 bits per heavy atom. The lowest BCUT2D eigenvalue weighted by molar-refractivity contribution is -0.385. The Balaban J connectivity index is 2.54. The van der Waals surface area contributed by atoms with Gasteiger partial charge in [-0.2, -0.15) is 0 Å². The summed E-state index contributed by atoms with van der Waals surface area (Å²) in [6, 6.07) is 2.64. The smallest absolute Gasteiger partial charge is 0.345 e. The maximum Gasteiger partial charge on any atom is 0.345 e. The highest BCUT2D eigenvalue weighted by molar-refractivity contribution is 5.93. The molecule has 1 aromatic carbocycles. The average Bonchev–Trinajstić information content (AvgIpc) is 2.42. The molecule has 0 aliphatic heterocycles. The monoisotopic (exact) mass is 285 g/mol. The van der Waals surface area contributed by atoms with Crippen molar-refractivity contribution in [2.24, 2.45) is 0 Å². The minimum absolute atomic E-state index is 0.0315. The van der Waals surface area contributed by atoms with E-state index in [-0.39, 0.29) is 13.2 Å². The number of carbonyl (C=O) groups excluding carboxylic acids is 1. The number of benzene rings is 1. The molecular formula is C13H16FNO5. The van der Waals surface area contributed by atoms with Crippen LogP contribution < -0.4 is 0 Å². The largest absolute Gasteiger partial charge is 0.459 e. The molecule has 6 nitrogen and oxygen atoms in total. The average molecular weight is 285 g/mol. The fourth-order valence-corrected chi connectivity index (χ4v) is 1.45. The molecule has 0 N–H and O–H groups in total. The van der Waals surface area contributed by atoms with Gasteiger partial charge in [0.1, 0.15) is 18.0 Å². The molecule has 7 heteroatoms. The second-order valence-corrected chi connectivity index (χ2v) is 4.02. The highest BCUT2D eigenvalue weighted by Crippen LogP contribution is 2.20. The van der Waals surface area contributed by atoms with E-state index in [9.17, 15) is 19.3 Å². The molecule has 1 rings (SSSR count). The van der Waals surface area contributed by atoms with Crippen LogP contribution in [0.2, 0.25) is 0 Å². The molecular weight excluding hydrogens is 269 g/mol. The number of esters is 1. The van der Waals surface area contributed by atoms with Crippen molar-refractivity contribution >= 4 is 11.7 Å². The van der Waals surface area contributed by atoms with Crippen molar-refractivity contribution < 1.29 is 23.6 Å². The van der Waals surface area contributed by atoms with Gasteiger partial charge in [0, 0.05) is 12.7 Å². The fourth-order valence-electron chi connectivity index (χ4n) is 1.45. The Labute approximate surface area is 115 Å². The highest BCUT2D eigenvalue weighted by atomic mass is 19.1. The van der Waals surface area contributed by atoms with Crippen LogP contribution in [0.1, 0.15) is 30.1 Å². The number of rotatable bonds is 8. The van der Waals surface area contributed by atoms with E-state index in [1.165, 1.54) is 0 Å². The van der Waals surface area contributed by atoms with Crippen LogP contribution in [-0.2, 0) is 9.47 Å². The van der Waals surface area contributed by atoms with E-state index < -0.39 is 28.0 Å². The second kappa shape index (κ2) is 8.21. The zero-order valence-corrected chi connectivity index (χ0v) is 11.1. The van der Waals surface area contributed by atoms with Crippen LogP contribution in [0.25, 0.3) is 0 Å². The van der Waals surface area contributed by atoms with Gasteiger partial charge in [0.25, 0.3) is 5.69 Å². The topological polar surface area (TPSA) is 78.7 Å². The van der Waals surface area contributed by atoms with Crippen molar-refractivity contribution in [3.8, 4) is 0 Å². The summed E-state index contributed by atoms with van der Waals surface area (Å²) in [5.41, 5.74) is -0.883. The van der Waals surface area contributed by atoms with Crippen LogP contribution in [-0.4, -0.2) is 30.7 Å². The van der Waals surface area contributed by atoms with E-state index in [1.54, 1.807) is 0 Å². The SMILES string of the molecule is CCCCOCCOC(=O)c1cc(F)ccc1[N+](=O)[O-]. The van der Waals surface area contributed by atoms with Crippen LogP contribution in [0, 0.1) is 15.9 Å². The molecule has 0 fully saturated rings. The van der Waals surface area contributed by atoms with Crippen molar-refractivity contribution in [3.63, 3.8) is 0 Å². The zero-order valence-electron chi connectivity index (χ0n) is 11.1. The summed E-state index contributed by atoms with van der Waals surface area (Å²) in [4.78, 5) is 21.6. The predicted molar refractivity (Wildman–Crippen MR) is 69.1 cm³/mol. The third-order valence-corrected chi connectivity index (χ3v) is 2.48. The first-order valence-electron chi connectivity index (χ1n) is 6.25. The summed E-state index contributed by atoms with van der Waals surface area (Å²) in [5, 5.41) is 10.7. The summed E-state index contributed by atoms with van der Waals surface area (Å²) in [5.74, 6) is -1.67.